The van der Waals surface area contributed by atoms with Crippen LogP contribution in [-0.4, -0.2) is 24.4 Å². The van der Waals surface area contributed by atoms with Crippen molar-refractivity contribution < 1.29 is 4.79 Å². The summed E-state index contributed by atoms with van der Waals surface area (Å²) in [4.78, 5) is 17.4. The molecule has 1 spiro atoms. The summed E-state index contributed by atoms with van der Waals surface area (Å²) in [6.45, 7) is 2.24. The molecule has 1 aromatic rings. The minimum absolute atomic E-state index is 0.652. The molecule has 3 rings (SSSR count). The fourth-order valence-electron chi connectivity index (χ4n) is 3.49. The molecular formula is C15H20N2O. The molecule has 0 bridgehead atoms. The van der Waals surface area contributed by atoms with Crippen molar-refractivity contribution in [2.24, 2.45) is 5.41 Å². The number of anilines is 1. The van der Waals surface area contributed by atoms with Gasteiger partial charge in [0.15, 0.2) is 6.29 Å². The van der Waals surface area contributed by atoms with Gasteiger partial charge in [0.05, 0.1) is 0 Å². The smallest absolute Gasteiger partial charge is 0.151 e. The van der Waals surface area contributed by atoms with Gasteiger partial charge in [-0.3, -0.25) is 4.79 Å². The number of piperidine rings is 1. The van der Waals surface area contributed by atoms with Crippen LogP contribution in [0, 0.1) is 5.41 Å². The predicted octanol–water partition coefficient (Wildman–Crippen LogP) is 3.05. The van der Waals surface area contributed by atoms with E-state index in [9.17, 15) is 4.79 Å². The van der Waals surface area contributed by atoms with Crippen LogP contribution in [0.1, 0.15) is 48.9 Å². The first kappa shape index (κ1) is 11.7. The Labute approximate surface area is 108 Å². The van der Waals surface area contributed by atoms with Crippen LogP contribution >= 0.6 is 0 Å². The van der Waals surface area contributed by atoms with E-state index in [2.05, 4.69) is 9.88 Å². The van der Waals surface area contributed by atoms with Crippen LogP contribution < -0.4 is 4.90 Å². The van der Waals surface area contributed by atoms with E-state index in [4.69, 9.17) is 0 Å². The Morgan fingerprint density at radius 2 is 1.83 bits per heavy atom. The fraction of sp³-hybridized carbons (Fsp3) is 0.600. The lowest BCUT2D eigenvalue weighted by Gasteiger charge is -2.40. The second kappa shape index (κ2) is 4.71. The Balaban J connectivity index is 1.66. The van der Waals surface area contributed by atoms with Crippen molar-refractivity contribution in [3.8, 4) is 0 Å². The minimum Gasteiger partial charge on any atom is -0.357 e. The molecule has 1 saturated heterocycles. The van der Waals surface area contributed by atoms with E-state index in [0.29, 0.717) is 11.0 Å². The van der Waals surface area contributed by atoms with Crippen LogP contribution in [0.4, 0.5) is 5.82 Å². The number of aromatic nitrogens is 1. The Kier molecular flexibility index (Phi) is 3.06. The van der Waals surface area contributed by atoms with Gasteiger partial charge < -0.3 is 4.90 Å². The molecule has 1 aliphatic carbocycles. The number of pyridine rings is 1. The maximum atomic E-state index is 10.6. The second-order valence-electron chi connectivity index (χ2n) is 5.76. The third-order valence-electron chi connectivity index (χ3n) is 4.72. The Morgan fingerprint density at radius 3 is 2.39 bits per heavy atom. The highest BCUT2D eigenvalue weighted by Gasteiger charge is 2.37. The first-order valence-electron chi connectivity index (χ1n) is 6.98. The van der Waals surface area contributed by atoms with E-state index in [1.54, 1.807) is 6.20 Å². The van der Waals surface area contributed by atoms with Gasteiger partial charge in [-0.2, -0.15) is 0 Å². The van der Waals surface area contributed by atoms with Gasteiger partial charge in [-0.25, -0.2) is 4.98 Å². The maximum Gasteiger partial charge on any atom is 0.151 e. The van der Waals surface area contributed by atoms with Crippen LogP contribution in [-0.2, 0) is 0 Å². The summed E-state index contributed by atoms with van der Waals surface area (Å²) in [5.41, 5.74) is 1.31. The maximum absolute atomic E-state index is 10.6. The summed E-state index contributed by atoms with van der Waals surface area (Å²) in [6, 6.07) is 3.83. The lowest BCUT2D eigenvalue weighted by atomic mass is 9.77. The van der Waals surface area contributed by atoms with Gasteiger partial charge in [-0.15, -0.1) is 0 Å². The normalized spacial score (nSPS) is 22.3. The molecule has 3 heteroatoms. The zero-order valence-corrected chi connectivity index (χ0v) is 10.8. The number of hydrogen-bond donors (Lipinski definition) is 0. The predicted molar refractivity (Wildman–Crippen MR) is 72.0 cm³/mol. The highest BCUT2D eigenvalue weighted by atomic mass is 16.1. The van der Waals surface area contributed by atoms with Gasteiger partial charge in [0.25, 0.3) is 0 Å². The second-order valence-corrected chi connectivity index (χ2v) is 5.76. The van der Waals surface area contributed by atoms with Crippen LogP contribution in [0.15, 0.2) is 18.3 Å². The van der Waals surface area contributed by atoms with Gasteiger partial charge in [0, 0.05) is 24.8 Å². The summed E-state index contributed by atoms with van der Waals surface area (Å²) < 4.78 is 0. The molecular weight excluding hydrogens is 224 g/mol. The van der Waals surface area contributed by atoms with E-state index in [0.717, 1.165) is 25.2 Å². The lowest BCUT2D eigenvalue weighted by Crippen LogP contribution is -2.39. The molecule has 2 heterocycles. The molecule has 0 atom stereocenters. The quantitative estimate of drug-likeness (QED) is 0.750. The van der Waals surface area contributed by atoms with Crippen LogP contribution in [0.25, 0.3) is 0 Å². The number of hydrogen-bond acceptors (Lipinski definition) is 3. The zero-order chi connectivity index (χ0) is 12.4. The third-order valence-corrected chi connectivity index (χ3v) is 4.72. The third kappa shape index (κ3) is 2.14. The lowest BCUT2D eigenvalue weighted by molar-refractivity contribution is 0.112. The molecule has 2 aliphatic rings. The first-order valence-corrected chi connectivity index (χ1v) is 6.98. The molecule has 18 heavy (non-hydrogen) atoms. The summed E-state index contributed by atoms with van der Waals surface area (Å²) in [5, 5.41) is 0. The van der Waals surface area contributed by atoms with Crippen LogP contribution in [0.5, 0.6) is 0 Å². The van der Waals surface area contributed by atoms with E-state index in [1.165, 1.54) is 38.5 Å². The van der Waals surface area contributed by atoms with Crippen molar-refractivity contribution in [1.29, 1.82) is 0 Å². The highest BCUT2D eigenvalue weighted by molar-refractivity contribution is 5.74. The summed E-state index contributed by atoms with van der Waals surface area (Å²) in [7, 11) is 0. The van der Waals surface area contributed by atoms with Crippen molar-refractivity contribution in [3.63, 3.8) is 0 Å². The number of carbonyl (C=O) groups excluding carboxylic acids is 1. The molecule has 0 amide bonds. The largest absolute Gasteiger partial charge is 0.357 e. The summed E-state index contributed by atoms with van der Waals surface area (Å²) >= 11 is 0. The Hall–Kier alpha value is -1.38. The SMILES string of the molecule is O=Cc1ccc(N2CCC3(CCCC3)CC2)nc1. The number of rotatable bonds is 2. The molecule has 3 nitrogen and oxygen atoms in total. The van der Waals surface area contributed by atoms with Crippen molar-refractivity contribution in [3.05, 3.63) is 23.9 Å². The van der Waals surface area contributed by atoms with Crippen molar-refractivity contribution in [2.75, 3.05) is 18.0 Å². The monoisotopic (exact) mass is 244 g/mol. The van der Waals surface area contributed by atoms with Crippen molar-refractivity contribution in [2.45, 2.75) is 38.5 Å². The van der Waals surface area contributed by atoms with Crippen molar-refractivity contribution in [1.82, 2.24) is 4.98 Å². The highest BCUT2D eigenvalue weighted by Crippen LogP contribution is 2.46. The topological polar surface area (TPSA) is 33.2 Å². The van der Waals surface area contributed by atoms with Gasteiger partial charge >= 0.3 is 0 Å². The minimum atomic E-state index is 0.652. The molecule has 0 radical (unpaired) electrons. The molecule has 2 fully saturated rings. The number of carbonyl (C=O) groups is 1. The average molecular weight is 244 g/mol. The van der Waals surface area contributed by atoms with Crippen LogP contribution in [0.2, 0.25) is 0 Å². The summed E-state index contributed by atoms with van der Waals surface area (Å²) in [5.74, 6) is 1.02. The Bertz CT molecular complexity index is 411. The number of nitrogens with zero attached hydrogens (tertiary/aromatic N) is 2. The van der Waals surface area contributed by atoms with Gasteiger partial charge in [-0.1, -0.05) is 12.8 Å². The van der Waals surface area contributed by atoms with Crippen LogP contribution in [0.3, 0.4) is 0 Å². The average Bonchev–Trinajstić information content (AvgIpc) is 2.88. The van der Waals surface area contributed by atoms with E-state index >= 15 is 0 Å². The van der Waals surface area contributed by atoms with Gasteiger partial charge in [0.1, 0.15) is 5.82 Å². The van der Waals surface area contributed by atoms with Gasteiger partial charge in [0.2, 0.25) is 0 Å². The molecule has 1 aromatic heterocycles. The number of aldehydes is 1. The standard InChI is InChI=1S/C15H20N2O/c18-12-13-3-4-14(16-11-13)17-9-7-15(8-10-17)5-1-2-6-15/h3-4,11-12H,1-2,5-10H2. The summed E-state index contributed by atoms with van der Waals surface area (Å²) in [6.07, 6.45) is 10.8. The molecule has 0 aromatic carbocycles. The molecule has 1 aliphatic heterocycles. The molecule has 0 unspecified atom stereocenters. The molecule has 0 N–H and O–H groups in total. The first-order chi connectivity index (χ1) is 8.81. The van der Waals surface area contributed by atoms with E-state index < -0.39 is 0 Å². The Morgan fingerprint density at radius 1 is 1.11 bits per heavy atom. The molecule has 96 valence electrons. The van der Waals surface area contributed by atoms with Gasteiger partial charge in [-0.05, 0) is 43.2 Å². The van der Waals surface area contributed by atoms with E-state index in [-0.39, 0.29) is 0 Å². The van der Waals surface area contributed by atoms with E-state index in [1.807, 2.05) is 12.1 Å². The molecule has 1 saturated carbocycles. The fourth-order valence-corrected chi connectivity index (χ4v) is 3.49. The van der Waals surface area contributed by atoms with Crippen molar-refractivity contribution >= 4 is 12.1 Å². The zero-order valence-electron chi connectivity index (χ0n) is 10.8.